The van der Waals surface area contributed by atoms with E-state index in [9.17, 15) is 8.78 Å². The summed E-state index contributed by atoms with van der Waals surface area (Å²) in [5.74, 6) is -0.584. The van der Waals surface area contributed by atoms with Crippen LogP contribution >= 0.6 is 0 Å². The first-order valence-corrected chi connectivity index (χ1v) is 7.03. The van der Waals surface area contributed by atoms with E-state index in [1.54, 1.807) is 24.3 Å². The molecule has 0 aromatic heterocycles. The van der Waals surface area contributed by atoms with Crippen molar-refractivity contribution in [1.29, 1.82) is 0 Å². The minimum absolute atomic E-state index is 0.292. The number of ether oxygens (including phenoxy) is 1. The van der Waals surface area contributed by atoms with Crippen LogP contribution in [0.4, 0.5) is 8.78 Å². The smallest absolute Gasteiger partial charge is 0.123 e. The maximum atomic E-state index is 13.1. The molecule has 0 radical (unpaired) electrons. The molecule has 0 atom stereocenters. The molecule has 0 aliphatic rings. The zero-order valence-corrected chi connectivity index (χ0v) is 11.8. The van der Waals surface area contributed by atoms with Gasteiger partial charge in [0.1, 0.15) is 17.7 Å². The second-order valence-corrected chi connectivity index (χ2v) is 4.85. The molecular weight excluding hydrogens is 272 g/mol. The molecule has 0 aliphatic carbocycles. The Labute approximate surface area is 123 Å². The van der Waals surface area contributed by atoms with E-state index in [2.05, 4.69) is 0 Å². The monoisotopic (exact) mass is 291 g/mol. The van der Waals surface area contributed by atoms with Gasteiger partial charge in [0.2, 0.25) is 0 Å². The summed E-state index contributed by atoms with van der Waals surface area (Å²) in [5.41, 5.74) is 7.15. The van der Waals surface area contributed by atoms with Gasteiger partial charge in [0, 0.05) is 6.61 Å². The van der Waals surface area contributed by atoms with Gasteiger partial charge in [-0.05, 0) is 54.8 Å². The summed E-state index contributed by atoms with van der Waals surface area (Å²) in [6, 6.07) is 12.3. The van der Waals surface area contributed by atoms with E-state index in [0.717, 1.165) is 24.0 Å². The molecule has 0 bridgehead atoms. The zero-order valence-electron chi connectivity index (χ0n) is 11.8. The topological polar surface area (TPSA) is 35.2 Å². The summed E-state index contributed by atoms with van der Waals surface area (Å²) in [4.78, 5) is 0. The molecule has 2 aromatic rings. The first kappa shape index (κ1) is 15.6. The van der Waals surface area contributed by atoms with Crippen LogP contribution in [0.3, 0.4) is 0 Å². The highest BCUT2D eigenvalue weighted by Crippen LogP contribution is 2.26. The van der Waals surface area contributed by atoms with Gasteiger partial charge in [-0.15, -0.1) is 0 Å². The van der Waals surface area contributed by atoms with Crippen molar-refractivity contribution >= 4 is 0 Å². The van der Waals surface area contributed by atoms with E-state index in [1.165, 1.54) is 24.3 Å². The predicted octanol–water partition coefficient (Wildman–Crippen LogP) is 3.81. The lowest BCUT2D eigenvalue weighted by Gasteiger charge is -2.19. The molecule has 4 heteroatoms. The molecule has 21 heavy (non-hydrogen) atoms. The van der Waals surface area contributed by atoms with Crippen molar-refractivity contribution < 1.29 is 13.5 Å². The van der Waals surface area contributed by atoms with Gasteiger partial charge < -0.3 is 10.5 Å². The highest BCUT2D eigenvalue weighted by molar-refractivity contribution is 5.30. The lowest BCUT2D eigenvalue weighted by molar-refractivity contribution is 0.0774. The minimum atomic E-state index is -0.330. The Morgan fingerprint density at radius 2 is 1.29 bits per heavy atom. The number of nitrogens with two attached hydrogens (primary N) is 1. The normalized spacial score (nSPS) is 11.0. The SMILES string of the molecule is NCCCCOC(c1ccc(F)cc1)c1ccc(F)cc1. The van der Waals surface area contributed by atoms with Crippen molar-refractivity contribution in [3.05, 3.63) is 71.3 Å². The van der Waals surface area contributed by atoms with Crippen LogP contribution in [0.2, 0.25) is 0 Å². The summed E-state index contributed by atoms with van der Waals surface area (Å²) in [7, 11) is 0. The van der Waals surface area contributed by atoms with Crippen LogP contribution in [-0.2, 0) is 4.74 Å². The van der Waals surface area contributed by atoms with E-state index < -0.39 is 0 Å². The van der Waals surface area contributed by atoms with E-state index in [1.807, 2.05) is 0 Å². The summed E-state index contributed by atoms with van der Waals surface area (Å²) in [6.45, 7) is 1.18. The Hall–Kier alpha value is -1.78. The molecule has 0 aliphatic heterocycles. The standard InChI is InChI=1S/C17H19F2NO/c18-15-7-3-13(4-8-15)17(21-12-2-1-11-20)14-5-9-16(19)10-6-14/h3-10,17H,1-2,11-12,20H2. The fourth-order valence-corrected chi connectivity index (χ4v) is 2.11. The van der Waals surface area contributed by atoms with Gasteiger partial charge in [0.15, 0.2) is 0 Å². The van der Waals surface area contributed by atoms with Gasteiger partial charge >= 0.3 is 0 Å². The molecular formula is C17H19F2NO. The molecule has 0 fully saturated rings. The molecule has 2 rings (SSSR count). The van der Waals surface area contributed by atoms with Gasteiger partial charge in [-0.2, -0.15) is 0 Å². The molecule has 0 amide bonds. The van der Waals surface area contributed by atoms with Gasteiger partial charge in [-0.1, -0.05) is 24.3 Å². The van der Waals surface area contributed by atoms with Crippen LogP contribution in [0.1, 0.15) is 30.1 Å². The number of rotatable bonds is 7. The van der Waals surface area contributed by atoms with Crippen LogP contribution in [0.15, 0.2) is 48.5 Å². The fraction of sp³-hybridized carbons (Fsp3) is 0.294. The molecule has 2 N–H and O–H groups in total. The molecule has 0 unspecified atom stereocenters. The Morgan fingerprint density at radius 1 is 0.810 bits per heavy atom. The Bertz CT molecular complexity index is 494. The van der Waals surface area contributed by atoms with Crippen molar-refractivity contribution in [1.82, 2.24) is 0 Å². The first-order valence-electron chi connectivity index (χ1n) is 7.03. The van der Waals surface area contributed by atoms with Crippen LogP contribution in [0.5, 0.6) is 0 Å². The van der Waals surface area contributed by atoms with E-state index >= 15 is 0 Å². The number of unbranched alkanes of at least 4 members (excludes halogenated alkanes) is 1. The van der Waals surface area contributed by atoms with Gasteiger partial charge in [-0.3, -0.25) is 0 Å². The van der Waals surface area contributed by atoms with Crippen LogP contribution in [0.25, 0.3) is 0 Å². The number of hydrogen-bond donors (Lipinski definition) is 1. The van der Waals surface area contributed by atoms with Gasteiger partial charge in [0.25, 0.3) is 0 Å². The Balaban J connectivity index is 2.17. The van der Waals surface area contributed by atoms with Crippen LogP contribution in [-0.4, -0.2) is 13.2 Å². The van der Waals surface area contributed by atoms with Crippen molar-refractivity contribution in [2.45, 2.75) is 18.9 Å². The largest absolute Gasteiger partial charge is 0.369 e. The molecule has 0 saturated carbocycles. The summed E-state index contributed by atoms with van der Waals surface area (Å²) in [6.07, 6.45) is 1.42. The predicted molar refractivity (Wildman–Crippen MR) is 78.9 cm³/mol. The highest BCUT2D eigenvalue weighted by Gasteiger charge is 2.15. The van der Waals surface area contributed by atoms with Gasteiger partial charge in [-0.25, -0.2) is 8.78 Å². The summed E-state index contributed by atoms with van der Waals surface area (Å²) in [5, 5.41) is 0. The maximum Gasteiger partial charge on any atom is 0.123 e. The average Bonchev–Trinajstić information content (AvgIpc) is 2.50. The number of halogens is 2. The second kappa shape index (κ2) is 7.86. The third-order valence-electron chi connectivity index (χ3n) is 3.23. The second-order valence-electron chi connectivity index (χ2n) is 4.85. The molecule has 2 nitrogen and oxygen atoms in total. The van der Waals surface area contributed by atoms with E-state index in [4.69, 9.17) is 10.5 Å². The third-order valence-corrected chi connectivity index (χ3v) is 3.23. The van der Waals surface area contributed by atoms with Crippen LogP contribution < -0.4 is 5.73 Å². The molecule has 112 valence electrons. The molecule has 0 heterocycles. The average molecular weight is 291 g/mol. The lowest BCUT2D eigenvalue weighted by Crippen LogP contribution is -2.09. The molecule has 0 saturated heterocycles. The molecule has 2 aromatic carbocycles. The van der Waals surface area contributed by atoms with Crippen molar-refractivity contribution in [3.8, 4) is 0 Å². The minimum Gasteiger partial charge on any atom is -0.369 e. The summed E-state index contributed by atoms with van der Waals surface area (Å²) < 4.78 is 32.0. The van der Waals surface area contributed by atoms with Crippen LogP contribution in [0, 0.1) is 11.6 Å². The summed E-state index contributed by atoms with van der Waals surface area (Å²) >= 11 is 0. The number of hydrogen-bond acceptors (Lipinski definition) is 2. The van der Waals surface area contributed by atoms with Crippen molar-refractivity contribution in [2.75, 3.05) is 13.2 Å². The van der Waals surface area contributed by atoms with Gasteiger partial charge in [0.05, 0.1) is 0 Å². The maximum absolute atomic E-state index is 13.1. The first-order chi connectivity index (χ1) is 10.2. The lowest BCUT2D eigenvalue weighted by atomic mass is 10.0. The Kier molecular flexibility index (Phi) is 5.84. The van der Waals surface area contributed by atoms with Crippen molar-refractivity contribution in [3.63, 3.8) is 0 Å². The van der Waals surface area contributed by atoms with E-state index in [0.29, 0.717) is 13.2 Å². The molecule has 0 spiro atoms. The number of benzene rings is 2. The van der Waals surface area contributed by atoms with E-state index in [-0.39, 0.29) is 17.7 Å². The third kappa shape index (κ3) is 4.62. The fourth-order valence-electron chi connectivity index (χ4n) is 2.11. The zero-order chi connectivity index (χ0) is 15.1. The Morgan fingerprint density at radius 3 is 1.71 bits per heavy atom. The van der Waals surface area contributed by atoms with Crippen molar-refractivity contribution in [2.24, 2.45) is 5.73 Å². The quantitative estimate of drug-likeness (QED) is 0.787. The highest BCUT2D eigenvalue weighted by atomic mass is 19.1.